The fraction of sp³-hybridized carbons (Fsp3) is 0.375. The first-order chi connectivity index (χ1) is 11.8. The van der Waals surface area contributed by atoms with Crippen molar-refractivity contribution in [3.05, 3.63) is 53.6 Å². The van der Waals surface area contributed by atoms with Crippen LogP contribution in [0.2, 0.25) is 0 Å². The number of esters is 1. The minimum atomic E-state index is -4.55. The van der Waals surface area contributed by atoms with Crippen LogP contribution in [0.1, 0.15) is 41.5 Å². The van der Waals surface area contributed by atoms with E-state index in [4.69, 9.17) is 4.74 Å². The number of nitrogens with zero attached hydrogens (tertiary/aromatic N) is 4. The SMILES string of the molecule is CCOC(=O)c1cncn1[C@H](C)c1ccc(C2(C(F)(F)F)N=N2)cc1. The normalized spacial score (nSPS) is 16.5. The summed E-state index contributed by atoms with van der Waals surface area (Å²) in [6, 6.07) is 5.50. The smallest absolute Gasteiger partial charge is 0.442 e. The molecular weight excluding hydrogens is 337 g/mol. The third-order valence-electron chi connectivity index (χ3n) is 4.06. The van der Waals surface area contributed by atoms with E-state index in [2.05, 4.69) is 15.2 Å². The number of carbonyl (C=O) groups is 1. The van der Waals surface area contributed by atoms with E-state index in [1.54, 1.807) is 23.6 Å². The van der Waals surface area contributed by atoms with Gasteiger partial charge in [0.1, 0.15) is 5.69 Å². The van der Waals surface area contributed by atoms with E-state index >= 15 is 0 Å². The van der Waals surface area contributed by atoms with Gasteiger partial charge in [-0.2, -0.15) is 13.2 Å². The van der Waals surface area contributed by atoms with Gasteiger partial charge in [0, 0.05) is 5.56 Å². The topological polar surface area (TPSA) is 68.8 Å². The summed E-state index contributed by atoms with van der Waals surface area (Å²) in [6.45, 7) is 3.75. The Kier molecular flexibility index (Phi) is 4.09. The van der Waals surface area contributed by atoms with Crippen molar-refractivity contribution in [1.82, 2.24) is 9.55 Å². The zero-order valence-electron chi connectivity index (χ0n) is 13.5. The Morgan fingerprint density at radius 2 is 1.92 bits per heavy atom. The summed E-state index contributed by atoms with van der Waals surface area (Å²) in [5.41, 5.74) is -1.48. The minimum Gasteiger partial charge on any atom is -0.461 e. The van der Waals surface area contributed by atoms with Crippen LogP contribution in [0.15, 0.2) is 47.0 Å². The Hall–Kier alpha value is -2.71. The maximum Gasteiger partial charge on any atom is 0.442 e. The zero-order valence-corrected chi connectivity index (χ0v) is 13.5. The highest BCUT2D eigenvalue weighted by Crippen LogP contribution is 2.52. The molecule has 0 spiro atoms. The van der Waals surface area contributed by atoms with E-state index in [9.17, 15) is 18.0 Å². The number of carbonyl (C=O) groups excluding carboxylic acids is 1. The van der Waals surface area contributed by atoms with Gasteiger partial charge in [0.25, 0.3) is 0 Å². The van der Waals surface area contributed by atoms with Crippen LogP contribution in [0, 0.1) is 0 Å². The van der Waals surface area contributed by atoms with Crippen molar-refractivity contribution in [1.29, 1.82) is 0 Å². The summed E-state index contributed by atoms with van der Waals surface area (Å²) >= 11 is 0. The molecule has 0 fully saturated rings. The van der Waals surface area contributed by atoms with E-state index in [1.165, 1.54) is 24.7 Å². The number of benzene rings is 1. The predicted molar refractivity (Wildman–Crippen MR) is 81.0 cm³/mol. The van der Waals surface area contributed by atoms with E-state index in [0.29, 0.717) is 5.56 Å². The molecular formula is C16H15F3N4O2. The standard InChI is InChI=1S/C16H15F3N4O2/c1-3-25-14(24)13-8-20-9-23(13)10(2)11-4-6-12(7-5-11)15(21-22-15)16(17,18)19/h4-10H,3H2,1-2H3/t10-/m1/s1. The van der Waals surface area contributed by atoms with Gasteiger partial charge in [0.15, 0.2) is 0 Å². The fourth-order valence-electron chi connectivity index (χ4n) is 2.57. The van der Waals surface area contributed by atoms with Gasteiger partial charge in [0.2, 0.25) is 0 Å². The molecule has 0 aliphatic carbocycles. The predicted octanol–water partition coefficient (Wildman–Crippen LogP) is 3.85. The molecule has 1 aliphatic rings. The number of alkyl halides is 3. The van der Waals surface area contributed by atoms with Gasteiger partial charge in [-0.3, -0.25) is 0 Å². The van der Waals surface area contributed by atoms with E-state index in [0.717, 1.165) is 0 Å². The lowest BCUT2D eigenvalue weighted by Gasteiger charge is -2.18. The number of hydrogen-bond donors (Lipinski definition) is 0. The molecule has 2 aromatic rings. The van der Waals surface area contributed by atoms with Gasteiger partial charge in [-0.05, 0) is 19.4 Å². The van der Waals surface area contributed by atoms with Crippen molar-refractivity contribution < 1.29 is 22.7 Å². The lowest BCUT2D eigenvalue weighted by Crippen LogP contribution is -2.30. The molecule has 0 amide bonds. The van der Waals surface area contributed by atoms with Crippen molar-refractivity contribution in [3.63, 3.8) is 0 Å². The van der Waals surface area contributed by atoms with E-state index < -0.39 is 17.8 Å². The number of imidazole rings is 1. The molecule has 0 saturated heterocycles. The van der Waals surface area contributed by atoms with Crippen LogP contribution in [-0.4, -0.2) is 28.3 Å². The molecule has 132 valence electrons. The number of aromatic nitrogens is 2. The average Bonchev–Trinajstić information content (AvgIpc) is 3.25. The highest BCUT2D eigenvalue weighted by Gasteiger charge is 2.65. The van der Waals surface area contributed by atoms with Crippen LogP contribution in [0.4, 0.5) is 13.2 Å². The quantitative estimate of drug-likeness (QED) is 0.768. The third kappa shape index (κ3) is 2.90. The largest absolute Gasteiger partial charge is 0.461 e. The van der Waals surface area contributed by atoms with Gasteiger partial charge < -0.3 is 9.30 Å². The van der Waals surface area contributed by atoms with Gasteiger partial charge >= 0.3 is 17.8 Å². The molecule has 6 nitrogen and oxygen atoms in total. The fourth-order valence-corrected chi connectivity index (χ4v) is 2.57. The Morgan fingerprint density at radius 1 is 1.28 bits per heavy atom. The second-order valence-corrected chi connectivity index (χ2v) is 5.57. The summed E-state index contributed by atoms with van der Waals surface area (Å²) in [7, 11) is 0. The van der Waals surface area contributed by atoms with E-state index in [-0.39, 0.29) is 23.9 Å². The lowest BCUT2D eigenvalue weighted by molar-refractivity contribution is -0.166. The molecule has 1 aromatic heterocycles. The van der Waals surface area contributed by atoms with Crippen molar-refractivity contribution in [2.75, 3.05) is 6.61 Å². The van der Waals surface area contributed by atoms with E-state index in [1.807, 2.05) is 6.92 Å². The molecule has 0 bridgehead atoms. The third-order valence-corrected chi connectivity index (χ3v) is 4.06. The molecule has 1 aliphatic heterocycles. The molecule has 0 N–H and O–H groups in total. The zero-order chi connectivity index (χ0) is 18.2. The van der Waals surface area contributed by atoms with Crippen LogP contribution in [0.25, 0.3) is 0 Å². The van der Waals surface area contributed by atoms with Crippen LogP contribution < -0.4 is 0 Å². The first kappa shape index (κ1) is 17.1. The average molecular weight is 352 g/mol. The number of halogens is 3. The summed E-state index contributed by atoms with van der Waals surface area (Å²) < 4.78 is 45.7. The van der Waals surface area contributed by atoms with Crippen molar-refractivity contribution in [3.8, 4) is 0 Å². The second-order valence-electron chi connectivity index (χ2n) is 5.57. The van der Waals surface area contributed by atoms with Crippen LogP contribution in [0.5, 0.6) is 0 Å². The molecule has 1 aromatic carbocycles. The van der Waals surface area contributed by atoms with Gasteiger partial charge in [-0.25, -0.2) is 9.78 Å². The number of hydrogen-bond acceptors (Lipinski definition) is 5. The highest BCUT2D eigenvalue weighted by atomic mass is 19.4. The summed E-state index contributed by atoms with van der Waals surface area (Å²) in [4.78, 5) is 15.9. The Balaban J connectivity index is 1.84. The van der Waals surface area contributed by atoms with Crippen molar-refractivity contribution in [2.45, 2.75) is 31.7 Å². The maximum atomic E-state index is 13.0. The molecule has 1 atom stereocenters. The minimum absolute atomic E-state index is 0.0350. The van der Waals surface area contributed by atoms with Crippen LogP contribution in [-0.2, 0) is 10.4 Å². The number of ether oxygens (including phenoxy) is 1. The summed E-state index contributed by atoms with van der Waals surface area (Å²) in [5, 5.41) is 6.36. The first-order valence-corrected chi connectivity index (χ1v) is 7.60. The van der Waals surface area contributed by atoms with Gasteiger partial charge in [-0.15, -0.1) is 10.2 Å². The molecule has 0 radical (unpaired) electrons. The molecule has 0 saturated carbocycles. The van der Waals surface area contributed by atoms with Gasteiger partial charge in [-0.1, -0.05) is 24.3 Å². The molecule has 0 unspecified atom stereocenters. The highest BCUT2D eigenvalue weighted by molar-refractivity contribution is 5.87. The lowest BCUT2D eigenvalue weighted by atomic mass is 9.99. The molecule has 2 heterocycles. The van der Waals surface area contributed by atoms with Crippen LogP contribution >= 0.6 is 0 Å². The van der Waals surface area contributed by atoms with Crippen molar-refractivity contribution >= 4 is 5.97 Å². The van der Waals surface area contributed by atoms with Crippen molar-refractivity contribution in [2.24, 2.45) is 10.2 Å². The maximum absolute atomic E-state index is 13.0. The molecule has 9 heteroatoms. The summed E-state index contributed by atoms with van der Waals surface area (Å²) in [6.07, 6.45) is -1.68. The van der Waals surface area contributed by atoms with Gasteiger partial charge in [0.05, 0.1) is 25.2 Å². The molecule has 25 heavy (non-hydrogen) atoms. The Morgan fingerprint density at radius 3 is 2.44 bits per heavy atom. The number of rotatable bonds is 5. The molecule has 3 rings (SSSR count). The first-order valence-electron chi connectivity index (χ1n) is 7.60. The van der Waals surface area contributed by atoms with Crippen LogP contribution in [0.3, 0.4) is 0 Å². The Bertz CT molecular complexity index is 806. The Labute approximate surface area is 141 Å². The summed E-state index contributed by atoms with van der Waals surface area (Å²) in [5.74, 6) is -0.505. The monoisotopic (exact) mass is 352 g/mol. The second kappa shape index (κ2) is 5.98.